The van der Waals surface area contributed by atoms with Crippen LogP contribution >= 0.6 is 0 Å². The lowest BCUT2D eigenvalue weighted by atomic mass is 10.1. The summed E-state index contributed by atoms with van der Waals surface area (Å²) in [5.74, 6) is -0.140. The molecule has 5 nitrogen and oxygen atoms in total. The molecule has 0 aliphatic carbocycles. The van der Waals surface area contributed by atoms with Gasteiger partial charge in [0.05, 0.1) is 0 Å². The summed E-state index contributed by atoms with van der Waals surface area (Å²) in [4.78, 5) is 23.7. The van der Waals surface area contributed by atoms with Crippen LogP contribution in [-0.4, -0.2) is 10.5 Å². The van der Waals surface area contributed by atoms with Crippen LogP contribution in [0.15, 0.2) is 41.2 Å². The second kappa shape index (κ2) is 6.26. The number of nitrogens with one attached hydrogen (secondary N) is 1. The van der Waals surface area contributed by atoms with E-state index in [9.17, 15) is 9.59 Å². The summed E-state index contributed by atoms with van der Waals surface area (Å²) in [6, 6.07) is 10.4. The average Bonchev–Trinajstić information content (AvgIpc) is 2.43. The Morgan fingerprint density at radius 2 is 1.90 bits per heavy atom. The highest BCUT2D eigenvalue weighted by Crippen LogP contribution is 2.20. The molecule has 2 aromatic rings. The Hall–Kier alpha value is -2.56. The van der Waals surface area contributed by atoms with Gasteiger partial charge in [-0.15, -0.1) is 0 Å². The van der Waals surface area contributed by atoms with E-state index in [1.165, 1.54) is 6.07 Å². The zero-order valence-electron chi connectivity index (χ0n) is 12.2. The molecular weight excluding hydrogens is 266 g/mol. The number of carbonyl (C=O) groups excluding carboxylic acids is 1. The van der Waals surface area contributed by atoms with Gasteiger partial charge in [-0.2, -0.15) is 0 Å². The van der Waals surface area contributed by atoms with Crippen LogP contribution in [0.1, 0.15) is 17.7 Å². The fourth-order valence-electron chi connectivity index (χ4n) is 2.12. The molecule has 2 rings (SSSR count). The van der Waals surface area contributed by atoms with Crippen molar-refractivity contribution < 1.29 is 4.79 Å². The molecule has 0 spiro atoms. The molecule has 0 bridgehead atoms. The van der Waals surface area contributed by atoms with Crippen LogP contribution in [0.3, 0.4) is 0 Å². The van der Waals surface area contributed by atoms with Gasteiger partial charge in [-0.05, 0) is 37.6 Å². The number of aryl methyl sites for hydroxylation is 1. The molecule has 5 heteroatoms. The Morgan fingerprint density at radius 1 is 1.19 bits per heavy atom. The number of nitrogens with two attached hydrogens (primary N) is 1. The molecule has 1 amide bonds. The Morgan fingerprint density at radius 3 is 2.62 bits per heavy atom. The van der Waals surface area contributed by atoms with Crippen molar-refractivity contribution in [3.05, 3.63) is 58.0 Å². The van der Waals surface area contributed by atoms with Gasteiger partial charge in [0.15, 0.2) is 0 Å². The van der Waals surface area contributed by atoms with Gasteiger partial charge in [-0.25, -0.2) is 0 Å². The SMILES string of the molecule is Cc1c(N)cccc1NC(=O)CCn1c(C)cccc1=O. The first-order chi connectivity index (χ1) is 9.99. The Kier molecular flexibility index (Phi) is 4.42. The van der Waals surface area contributed by atoms with Crippen molar-refractivity contribution in [2.45, 2.75) is 26.8 Å². The first kappa shape index (κ1) is 14.8. The number of hydrogen-bond acceptors (Lipinski definition) is 3. The van der Waals surface area contributed by atoms with E-state index in [0.717, 1.165) is 11.3 Å². The molecule has 0 saturated heterocycles. The van der Waals surface area contributed by atoms with Crippen LogP contribution < -0.4 is 16.6 Å². The summed E-state index contributed by atoms with van der Waals surface area (Å²) in [7, 11) is 0. The number of hydrogen-bond donors (Lipinski definition) is 2. The molecule has 110 valence electrons. The van der Waals surface area contributed by atoms with Gasteiger partial charge in [-0.1, -0.05) is 12.1 Å². The minimum Gasteiger partial charge on any atom is -0.398 e. The summed E-state index contributed by atoms with van der Waals surface area (Å²) in [5.41, 5.74) is 8.75. The maximum absolute atomic E-state index is 12.0. The number of nitrogen functional groups attached to an aromatic ring is 1. The van der Waals surface area contributed by atoms with Crippen LogP contribution in [0.2, 0.25) is 0 Å². The van der Waals surface area contributed by atoms with Gasteiger partial charge < -0.3 is 15.6 Å². The van der Waals surface area contributed by atoms with Crippen LogP contribution in [0.25, 0.3) is 0 Å². The molecule has 0 atom stereocenters. The summed E-state index contributed by atoms with van der Waals surface area (Å²) in [6.45, 7) is 4.07. The molecule has 0 fully saturated rings. The minimum absolute atomic E-state index is 0.0945. The molecule has 1 aromatic heterocycles. The standard InChI is InChI=1S/C16H19N3O2/c1-11-5-3-8-16(21)19(11)10-9-15(20)18-14-7-4-6-13(17)12(14)2/h3-8H,9-10,17H2,1-2H3,(H,18,20). The first-order valence-electron chi connectivity index (χ1n) is 6.80. The molecule has 3 N–H and O–H groups in total. The molecule has 0 saturated carbocycles. The van der Waals surface area contributed by atoms with Crippen LogP contribution in [0.4, 0.5) is 11.4 Å². The van der Waals surface area contributed by atoms with E-state index in [2.05, 4.69) is 5.32 Å². The van der Waals surface area contributed by atoms with E-state index in [1.807, 2.05) is 26.0 Å². The molecule has 0 aliphatic rings. The van der Waals surface area contributed by atoms with Gasteiger partial charge in [0.1, 0.15) is 0 Å². The van der Waals surface area contributed by atoms with E-state index in [0.29, 0.717) is 17.9 Å². The molecule has 1 heterocycles. The van der Waals surface area contributed by atoms with Gasteiger partial charge in [0.25, 0.3) is 5.56 Å². The average molecular weight is 285 g/mol. The molecule has 21 heavy (non-hydrogen) atoms. The van der Waals surface area contributed by atoms with Crippen LogP contribution in [-0.2, 0) is 11.3 Å². The number of amides is 1. The predicted octanol–water partition coefficient (Wildman–Crippen LogP) is 2.08. The van der Waals surface area contributed by atoms with Crippen molar-refractivity contribution in [1.82, 2.24) is 4.57 Å². The number of nitrogens with zero attached hydrogens (tertiary/aromatic N) is 1. The summed E-state index contributed by atoms with van der Waals surface area (Å²) in [6.07, 6.45) is 0.235. The van der Waals surface area contributed by atoms with Gasteiger partial charge in [0.2, 0.25) is 5.91 Å². The lowest BCUT2D eigenvalue weighted by Crippen LogP contribution is -2.24. The number of anilines is 2. The van der Waals surface area contributed by atoms with Gasteiger partial charge in [0, 0.05) is 36.1 Å². The van der Waals surface area contributed by atoms with E-state index >= 15 is 0 Å². The Balaban J connectivity index is 2.03. The van der Waals surface area contributed by atoms with Crippen molar-refractivity contribution in [2.75, 3.05) is 11.1 Å². The van der Waals surface area contributed by atoms with Crippen LogP contribution in [0.5, 0.6) is 0 Å². The second-order valence-electron chi connectivity index (χ2n) is 4.98. The smallest absolute Gasteiger partial charge is 0.250 e. The quantitative estimate of drug-likeness (QED) is 0.844. The van der Waals surface area contributed by atoms with E-state index in [4.69, 9.17) is 5.73 Å². The highest BCUT2D eigenvalue weighted by Gasteiger charge is 2.07. The van der Waals surface area contributed by atoms with E-state index < -0.39 is 0 Å². The predicted molar refractivity (Wildman–Crippen MR) is 84.3 cm³/mol. The van der Waals surface area contributed by atoms with E-state index in [1.54, 1.807) is 22.8 Å². The zero-order valence-corrected chi connectivity index (χ0v) is 12.2. The van der Waals surface area contributed by atoms with Crippen molar-refractivity contribution >= 4 is 17.3 Å². The van der Waals surface area contributed by atoms with Gasteiger partial charge in [-0.3, -0.25) is 9.59 Å². The topological polar surface area (TPSA) is 77.1 Å². The maximum Gasteiger partial charge on any atom is 0.250 e. The van der Waals surface area contributed by atoms with Crippen LogP contribution in [0, 0.1) is 13.8 Å². The lowest BCUT2D eigenvalue weighted by molar-refractivity contribution is -0.116. The number of benzene rings is 1. The number of aromatic nitrogens is 1. The number of pyridine rings is 1. The van der Waals surface area contributed by atoms with Crippen molar-refractivity contribution in [3.63, 3.8) is 0 Å². The first-order valence-corrected chi connectivity index (χ1v) is 6.80. The summed E-state index contributed by atoms with van der Waals surface area (Å²) < 4.78 is 1.59. The Bertz CT molecular complexity index is 720. The minimum atomic E-state index is -0.140. The van der Waals surface area contributed by atoms with E-state index in [-0.39, 0.29) is 17.9 Å². The lowest BCUT2D eigenvalue weighted by Gasteiger charge is -2.12. The maximum atomic E-state index is 12.0. The largest absolute Gasteiger partial charge is 0.398 e. The fourth-order valence-corrected chi connectivity index (χ4v) is 2.12. The molecule has 0 radical (unpaired) electrons. The number of carbonyl (C=O) groups is 1. The zero-order chi connectivity index (χ0) is 15.4. The summed E-state index contributed by atoms with van der Waals surface area (Å²) >= 11 is 0. The molecule has 0 unspecified atom stereocenters. The second-order valence-corrected chi connectivity index (χ2v) is 4.98. The van der Waals surface area contributed by atoms with Crippen molar-refractivity contribution in [2.24, 2.45) is 0 Å². The number of rotatable bonds is 4. The van der Waals surface area contributed by atoms with Crippen molar-refractivity contribution in [3.8, 4) is 0 Å². The molecule has 0 aliphatic heterocycles. The normalized spacial score (nSPS) is 10.4. The third-order valence-electron chi connectivity index (χ3n) is 3.48. The monoisotopic (exact) mass is 285 g/mol. The third-order valence-corrected chi connectivity index (χ3v) is 3.48. The van der Waals surface area contributed by atoms with Gasteiger partial charge >= 0.3 is 0 Å². The molecular formula is C16H19N3O2. The summed E-state index contributed by atoms with van der Waals surface area (Å²) in [5, 5.41) is 2.83. The molecule has 1 aromatic carbocycles. The highest BCUT2D eigenvalue weighted by atomic mass is 16.1. The third kappa shape index (κ3) is 3.51. The highest BCUT2D eigenvalue weighted by molar-refractivity contribution is 5.92. The Labute approximate surface area is 123 Å². The fraction of sp³-hybridized carbons (Fsp3) is 0.250. The van der Waals surface area contributed by atoms with Crippen molar-refractivity contribution in [1.29, 1.82) is 0 Å².